The molecule has 108 valence electrons. The number of anilines is 1. The number of halogens is 2. The Labute approximate surface area is 128 Å². The van der Waals surface area contributed by atoms with Gasteiger partial charge in [-0.05, 0) is 47.1 Å². The lowest BCUT2D eigenvalue weighted by atomic mass is 10.3. The zero-order valence-corrected chi connectivity index (χ0v) is 14.1. The van der Waals surface area contributed by atoms with Gasteiger partial charge in [-0.3, -0.25) is 4.72 Å². The fourth-order valence-electron chi connectivity index (χ4n) is 1.44. The van der Waals surface area contributed by atoms with Crippen molar-refractivity contribution in [2.24, 2.45) is 0 Å². The van der Waals surface area contributed by atoms with Crippen LogP contribution in [0.4, 0.5) is 5.69 Å². The molecule has 0 aliphatic rings. The van der Waals surface area contributed by atoms with Gasteiger partial charge in [0, 0.05) is 16.2 Å². The summed E-state index contributed by atoms with van der Waals surface area (Å²) in [5.74, 6) is 0.0902. The highest BCUT2D eigenvalue weighted by atomic mass is 79.9. The predicted octanol–water partition coefficient (Wildman–Crippen LogP) is 3.23. The maximum Gasteiger partial charge on any atom is 0.232 e. The molecule has 0 saturated carbocycles. The molecule has 0 heterocycles. The van der Waals surface area contributed by atoms with Crippen molar-refractivity contribution >= 4 is 43.2 Å². The van der Waals surface area contributed by atoms with Crippen LogP contribution in [0.3, 0.4) is 0 Å². The first-order valence-corrected chi connectivity index (χ1v) is 8.81. The minimum Gasteiger partial charge on any atom is -0.314 e. The molecule has 1 aromatic rings. The Hall–Kier alpha value is -0.300. The average molecular weight is 370 g/mol. The van der Waals surface area contributed by atoms with Gasteiger partial charge in [0.15, 0.2) is 0 Å². The molecule has 0 fully saturated rings. The molecule has 19 heavy (non-hydrogen) atoms. The number of hydrogen-bond donors (Lipinski definition) is 2. The van der Waals surface area contributed by atoms with Crippen LogP contribution >= 0.6 is 27.5 Å². The van der Waals surface area contributed by atoms with Crippen molar-refractivity contribution in [3.63, 3.8) is 0 Å². The second-order valence-electron chi connectivity index (χ2n) is 4.51. The molecule has 0 saturated heterocycles. The number of hydrogen-bond acceptors (Lipinski definition) is 3. The number of rotatable bonds is 7. The fraction of sp³-hybridized carbons (Fsp3) is 0.500. The van der Waals surface area contributed by atoms with E-state index in [0.29, 0.717) is 34.2 Å². The molecular weight excluding hydrogens is 352 g/mol. The summed E-state index contributed by atoms with van der Waals surface area (Å²) in [6, 6.07) is 5.29. The van der Waals surface area contributed by atoms with Crippen LogP contribution in [0.2, 0.25) is 5.02 Å². The smallest absolute Gasteiger partial charge is 0.232 e. The van der Waals surface area contributed by atoms with Crippen molar-refractivity contribution in [1.29, 1.82) is 0 Å². The molecule has 0 radical (unpaired) electrons. The zero-order valence-electron chi connectivity index (χ0n) is 10.9. The van der Waals surface area contributed by atoms with Gasteiger partial charge in [-0.2, -0.15) is 0 Å². The minimum absolute atomic E-state index is 0.0902. The molecule has 0 aromatic heterocycles. The first-order valence-electron chi connectivity index (χ1n) is 5.99. The summed E-state index contributed by atoms with van der Waals surface area (Å²) < 4.78 is 26.9. The van der Waals surface area contributed by atoms with Crippen LogP contribution in [0, 0.1) is 0 Å². The highest BCUT2D eigenvalue weighted by molar-refractivity contribution is 9.10. The lowest BCUT2D eigenvalue weighted by molar-refractivity contribution is 0.571. The normalized spacial score (nSPS) is 11.8. The Morgan fingerprint density at radius 3 is 2.63 bits per heavy atom. The third-order valence-corrected chi connectivity index (χ3v) is 4.92. The van der Waals surface area contributed by atoms with Crippen LogP contribution in [0.25, 0.3) is 0 Å². The van der Waals surface area contributed by atoms with Crippen molar-refractivity contribution in [3.05, 3.63) is 27.7 Å². The first kappa shape index (κ1) is 16.8. The van der Waals surface area contributed by atoms with Crippen LogP contribution < -0.4 is 10.0 Å². The SMILES string of the molecule is CC(C)NCCCS(=O)(=O)Nc1ccc(Cl)c(Br)c1. The van der Waals surface area contributed by atoms with Gasteiger partial charge in [-0.1, -0.05) is 25.4 Å². The number of sulfonamides is 1. The van der Waals surface area contributed by atoms with E-state index in [1.165, 1.54) is 0 Å². The van der Waals surface area contributed by atoms with E-state index >= 15 is 0 Å². The van der Waals surface area contributed by atoms with Crippen molar-refractivity contribution in [3.8, 4) is 0 Å². The monoisotopic (exact) mass is 368 g/mol. The number of nitrogens with one attached hydrogen (secondary N) is 2. The van der Waals surface area contributed by atoms with E-state index < -0.39 is 10.0 Å². The van der Waals surface area contributed by atoms with Crippen molar-refractivity contribution < 1.29 is 8.42 Å². The van der Waals surface area contributed by atoms with Crippen LogP contribution in [0.5, 0.6) is 0 Å². The largest absolute Gasteiger partial charge is 0.314 e. The Morgan fingerprint density at radius 1 is 1.37 bits per heavy atom. The highest BCUT2D eigenvalue weighted by Gasteiger charge is 2.11. The Kier molecular flexibility index (Phi) is 6.59. The predicted molar refractivity (Wildman–Crippen MR) is 84.3 cm³/mol. The van der Waals surface area contributed by atoms with Crippen molar-refractivity contribution in [2.45, 2.75) is 26.3 Å². The van der Waals surface area contributed by atoms with E-state index in [0.717, 1.165) is 0 Å². The van der Waals surface area contributed by atoms with Gasteiger partial charge < -0.3 is 5.32 Å². The summed E-state index contributed by atoms with van der Waals surface area (Å²) in [6.07, 6.45) is 0.572. The summed E-state index contributed by atoms with van der Waals surface area (Å²) in [4.78, 5) is 0. The lowest BCUT2D eigenvalue weighted by Gasteiger charge is -2.10. The fourth-order valence-corrected chi connectivity index (χ4v) is 3.05. The summed E-state index contributed by atoms with van der Waals surface area (Å²) in [5, 5.41) is 3.73. The molecule has 1 rings (SSSR count). The Balaban J connectivity index is 2.52. The first-order chi connectivity index (χ1) is 8.80. The third-order valence-electron chi connectivity index (χ3n) is 2.34. The summed E-state index contributed by atoms with van der Waals surface area (Å²) in [6.45, 7) is 4.73. The molecule has 7 heteroatoms. The van der Waals surface area contributed by atoms with Gasteiger partial charge in [-0.15, -0.1) is 0 Å². The molecule has 0 bridgehead atoms. The highest BCUT2D eigenvalue weighted by Crippen LogP contribution is 2.26. The summed E-state index contributed by atoms with van der Waals surface area (Å²) in [7, 11) is -3.32. The van der Waals surface area contributed by atoms with Gasteiger partial charge >= 0.3 is 0 Å². The van der Waals surface area contributed by atoms with Crippen LogP contribution in [0.1, 0.15) is 20.3 Å². The molecule has 0 amide bonds. The second-order valence-corrected chi connectivity index (χ2v) is 7.62. The van der Waals surface area contributed by atoms with Gasteiger partial charge in [0.05, 0.1) is 10.8 Å². The van der Waals surface area contributed by atoms with Crippen molar-refractivity contribution in [1.82, 2.24) is 5.32 Å². The maximum absolute atomic E-state index is 11.9. The van der Waals surface area contributed by atoms with Gasteiger partial charge in [0.25, 0.3) is 0 Å². The quantitative estimate of drug-likeness (QED) is 0.725. The number of benzene rings is 1. The van der Waals surface area contributed by atoms with Crippen LogP contribution in [-0.4, -0.2) is 26.8 Å². The molecule has 1 aromatic carbocycles. The maximum atomic E-state index is 11.9. The third kappa shape index (κ3) is 6.61. The molecule has 0 unspecified atom stereocenters. The van der Waals surface area contributed by atoms with Gasteiger partial charge in [0.2, 0.25) is 10.0 Å². The molecular formula is C12H18BrClN2O2S. The molecule has 4 nitrogen and oxygen atoms in total. The van der Waals surface area contributed by atoms with Crippen molar-refractivity contribution in [2.75, 3.05) is 17.0 Å². The Bertz CT molecular complexity index is 520. The Morgan fingerprint density at radius 2 is 2.05 bits per heavy atom. The standard InChI is InChI=1S/C12H18BrClN2O2S/c1-9(2)15-6-3-7-19(17,18)16-10-4-5-12(14)11(13)8-10/h4-5,8-9,15-16H,3,6-7H2,1-2H3. The molecule has 0 atom stereocenters. The van der Waals surface area contributed by atoms with Crippen LogP contribution in [0.15, 0.2) is 22.7 Å². The zero-order chi connectivity index (χ0) is 14.5. The molecule has 0 aliphatic heterocycles. The van der Waals surface area contributed by atoms with E-state index in [-0.39, 0.29) is 5.75 Å². The average Bonchev–Trinajstić information content (AvgIpc) is 2.29. The molecule has 2 N–H and O–H groups in total. The second kappa shape index (κ2) is 7.47. The van der Waals surface area contributed by atoms with Gasteiger partial charge in [-0.25, -0.2) is 8.42 Å². The van der Waals surface area contributed by atoms with E-state index in [9.17, 15) is 8.42 Å². The van der Waals surface area contributed by atoms with E-state index in [1.54, 1.807) is 18.2 Å². The summed E-state index contributed by atoms with van der Waals surface area (Å²) >= 11 is 9.11. The van der Waals surface area contributed by atoms with E-state index in [2.05, 4.69) is 26.0 Å². The lowest BCUT2D eigenvalue weighted by Crippen LogP contribution is -2.26. The van der Waals surface area contributed by atoms with E-state index in [4.69, 9.17) is 11.6 Å². The molecule has 0 spiro atoms. The van der Waals surface area contributed by atoms with Crippen LogP contribution in [-0.2, 0) is 10.0 Å². The minimum atomic E-state index is -3.32. The van der Waals surface area contributed by atoms with Gasteiger partial charge in [0.1, 0.15) is 0 Å². The van der Waals surface area contributed by atoms with E-state index in [1.807, 2.05) is 13.8 Å². The molecule has 0 aliphatic carbocycles. The summed E-state index contributed by atoms with van der Waals surface area (Å²) in [5.41, 5.74) is 0.507. The topological polar surface area (TPSA) is 58.2 Å².